The molecule has 8 nitrogen and oxygen atoms in total. The van der Waals surface area contributed by atoms with E-state index < -0.39 is 27.4 Å². The fourth-order valence-corrected chi connectivity index (χ4v) is 5.20. The first-order valence-electron chi connectivity index (χ1n) is 12.9. The SMILES string of the molecule is CCCCCCCCCCCCCCCCNS(=O)(=O)c1cccc(-n2c(O)c(C=O)oc2=O)c1. The Morgan fingerprint density at radius 2 is 1.46 bits per heavy atom. The summed E-state index contributed by atoms with van der Waals surface area (Å²) >= 11 is 0. The van der Waals surface area contributed by atoms with Gasteiger partial charge in [-0.3, -0.25) is 4.79 Å². The second-order valence-electron chi connectivity index (χ2n) is 9.00. The third kappa shape index (κ3) is 9.64. The van der Waals surface area contributed by atoms with E-state index >= 15 is 0 Å². The minimum atomic E-state index is -3.78. The first kappa shape index (κ1) is 28.8. The molecule has 0 aliphatic heterocycles. The molecule has 2 N–H and O–H groups in total. The van der Waals surface area contributed by atoms with E-state index in [2.05, 4.69) is 16.1 Å². The third-order valence-corrected chi connectivity index (χ3v) is 7.59. The smallest absolute Gasteiger partial charge is 0.427 e. The van der Waals surface area contributed by atoms with Gasteiger partial charge in [0.2, 0.25) is 21.7 Å². The van der Waals surface area contributed by atoms with Crippen molar-refractivity contribution in [1.29, 1.82) is 0 Å². The molecule has 35 heavy (non-hydrogen) atoms. The summed E-state index contributed by atoms with van der Waals surface area (Å²) in [5, 5.41) is 9.98. The third-order valence-electron chi connectivity index (χ3n) is 6.13. The number of hydrogen-bond acceptors (Lipinski definition) is 6. The molecule has 1 heterocycles. The summed E-state index contributed by atoms with van der Waals surface area (Å²) < 4.78 is 33.3. The highest BCUT2D eigenvalue weighted by Crippen LogP contribution is 2.21. The van der Waals surface area contributed by atoms with Crippen LogP contribution in [0, 0.1) is 0 Å². The highest BCUT2D eigenvalue weighted by Gasteiger charge is 2.19. The summed E-state index contributed by atoms with van der Waals surface area (Å²) in [6.07, 6.45) is 17.5. The van der Waals surface area contributed by atoms with Crippen LogP contribution in [0.4, 0.5) is 0 Å². The second-order valence-corrected chi connectivity index (χ2v) is 10.8. The van der Waals surface area contributed by atoms with Crippen LogP contribution in [0.25, 0.3) is 5.69 Å². The molecule has 0 amide bonds. The van der Waals surface area contributed by atoms with Gasteiger partial charge in [-0.25, -0.2) is 22.5 Å². The lowest BCUT2D eigenvalue weighted by Crippen LogP contribution is -2.25. The second kappa shape index (κ2) is 15.6. The van der Waals surface area contributed by atoms with Gasteiger partial charge < -0.3 is 9.52 Å². The fraction of sp³-hybridized carbons (Fsp3) is 0.615. The number of aromatic nitrogens is 1. The Hall–Kier alpha value is -2.39. The average Bonchev–Trinajstić information content (AvgIpc) is 3.14. The minimum Gasteiger partial charge on any atom is -0.491 e. The maximum absolute atomic E-state index is 12.6. The van der Waals surface area contributed by atoms with Crippen LogP contribution in [0.1, 0.15) is 107 Å². The van der Waals surface area contributed by atoms with Crippen LogP contribution in [0.2, 0.25) is 0 Å². The van der Waals surface area contributed by atoms with Crippen molar-refractivity contribution in [2.24, 2.45) is 0 Å². The highest BCUT2D eigenvalue weighted by molar-refractivity contribution is 7.89. The number of nitrogens with one attached hydrogen (secondary N) is 1. The zero-order valence-electron chi connectivity index (χ0n) is 20.8. The van der Waals surface area contributed by atoms with Crippen LogP contribution < -0.4 is 10.5 Å². The Kier molecular flexibility index (Phi) is 12.8. The van der Waals surface area contributed by atoms with Crippen molar-refractivity contribution in [2.75, 3.05) is 6.54 Å². The van der Waals surface area contributed by atoms with Gasteiger partial charge in [0.05, 0.1) is 10.6 Å². The summed E-state index contributed by atoms with van der Waals surface area (Å²) in [5.74, 6) is -2.16. The first-order chi connectivity index (χ1) is 16.9. The molecule has 0 unspecified atom stereocenters. The minimum absolute atomic E-state index is 0.0412. The van der Waals surface area contributed by atoms with E-state index in [0.717, 1.165) is 23.8 Å². The summed E-state index contributed by atoms with van der Waals surface area (Å²) in [6, 6.07) is 5.55. The normalized spacial score (nSPS) is 11.7. The van der Waals surface area contributed by atoms with E-state index in [0.29, 0.717) is 6.54 Å². The average molecular weight is 509 g/mol. The lowest BCUT2D eigenvalue weighted by molar-refractivity contribution is 0.109. The molecule has 2 aromatic rings. The summed E-state index contributed by atoms with van der Waals surface area (Å²) in [5.41, 5.74) is 0.0868. The van der Waals surface area contributed by atoms with Crippen molar-refractivity contribution >= 4 is 16.3 Å². The molecule has 2 rings (SSSR count). The van der Waals surface area contributed by atoms with Crippen LogP contribution in [0.5, 0.6) is 5.88 Å². The van der Waals surface area contributed by atoms with E-state index in [-0.39, 0.29) is 16.9 Å². The maximum Gasteiger partial charge on any atom is 0.427 e. The molecule has 196 valence electrons. The largest absolute Gasteiger partial charge is 0.491 e. The number of carbonyl (C=O) groups excluding carboxylic acids is 1. The van der Waals surface area contributed by atoms with Crippen molar-refractivity contribution < 1.29 is 22.7 Å². The molecule has 0 saturated carbocycles. The van der Waals surface area contributed by atoms with Crippen molar-refractivity contribution in [3.05, 3.63) is 40.6 Å². The summed E-state index contributed by atoms with van der Waals surface area (Å²) in [6.45, 7) is 2.57. The van der Waals surface area contributed by atoms with Gasteiger partial charge in [0.1, 0.15) is 0 Å². The number of aldehydes is 1. The van der Waals surface area contributed by atoms with Crippen LogP contribution in [0.15, 0.2) is 38.4 Å². The van der Waals surface area contributed by atoms with Crippen molar-refractivity contribution in [3.63, 3.8) is 0 Å². The zero-order valence-corrected chi connectivity index (χ0v) is 21.7. The van der Waals surface area contributed by atoms with E-state index in [9.17, 15) is 23.1 Å². The van der Waals surface area contributed by atoms with Gasteiger partial charge in [-0.15, -0.1) is 0 Å². The molecule has 0 bridgehead atoms. The molecule has 0 saturated heterocycles. The maximum atomic E-state index is 12.6. The zero-order chi connectivity index (χ0) is 25.5. The van der Waals surface area contributed by atoms with Gasteiger partial charge in [0, 0.05) is 6.54 Å². The van der Waals surface area contributed by atoms with Gasteiger partial charge in [-0.05, 0) is 24.6 Å². The first-order valence-corrected chi connectivity index (χ1v) is 14.4. The molecule has 0 aliphatic carbocycles. The van der Waals surface area contributed by atoms with E-state index in [1.54, 1.807) is 0 Å². The molecule has 1 aromatic carbocycles. The molecule has 0 fully saturated rings. The number of benzene rings is 1. The Balaban J connectivity index is 1.65. The number of carbonyl (C=O) groups is 1. The molecule has 0 radical (unpaired) electrons. The number of sulfonamides is 1. The number of oxazole rings is 1. The Morgan fingerprint density at radius 1 is 0.914 bits per heavy atom. The standard InChI is InChI=1S/C26H40N2O6S/c1-2-3-4-5-6-7-8-9-10-11-12-13-14-15-19-27-35(32,33)23-18-16-17-22(20-23)28-25(30)24(21-29)34-26(28)31/h16-18,20-21,27,30H,2-15,19H2,1H3. The van der Waals surface area contributed by atoms with Crippen LogP contribution >= 0.6 is 0 Å². The van der Waals surface area contributed by atoms with Gasteiger partial charge in [0.25, 0.3) is 0 Å². The Labute approximate surface area is 208 Å². The van der Waals surface area contributed by atoms with E-state index in [1.165, 1.54) is 94.9 Å². The van der Waals surface area contributed by atoms with E-state index in [4.69, 9.17) is 0 Å². The van der Waals surface area contributed by atoms with Gasteiger partial charge in [-0.1, -0.05) is 96.5 Å². The molecule has 0 atom stereocenters. The van der Waals surface area contributed by atoms with Crippen LogP contribution in [-0.2, 0) is 10.0 Å². The summed E-state index contributed by atoms with van der Waals surface area (Å²) in [4.78, 5) is 22.7. The fourth-order valence-electron chi connectivity index (χ4n) is 4.09. The van der Waals surface area contributed by atoms with Gasteiger partial charge >= 0.3 is 5.76 Å². The van der Waals surface area contributed by atoms with Crippen molar-refractivity contribution in [1.82, 2.24) is 9.29 Å². The van der Waals surface area contributed by atoms with Gasteiger partial charge in [-0.2, -0.15) is 0 Å². The molecule has 0 spiro atoms. The molecular formula is C26H40N2O6S. The summed E-state index contributed by atoms with van der Waals surface area (Å²) in [7, 11) is -3.78. The number of rotatable bonds is 19. The number of nitrogens with zero attached hydrogens (tertiary/aromatic N) is 1. The van der Waals surface area contributed by atoms with Gasteiger partial charge in [0.15, 0.2) is 6.29 Å². The lowest BCUT2D eigenvalue weighted by atomic mass is 10.0. The predicted molar refractivity (Wildman–Crippen MR) is 137 cm³/mol. The van der Waals surface area contributed by atoms with Crippen molar-refractivity contribution in [2.45, 2.75) is 102 Å². The monoisotopic (exact) mass is 508 g/mol. The quantitative estimate of drug-likeness (QED) is 0.185. The number of hydrogen-bond donors (Lipinski definition) is 2. The highest BCUT2D eigenvalue weighted by atomic mass is 32.2. The number of unbranched alkanes of at least 4 members (excludes halogenated alkanes) is 13. The Bertz CT molecular complexity index is 1060. The molecular weight excluding hydrogens is 468 g/mol. The predicted octanol–water partition coefficient (Wildman–Crippen LogP) is 5.71. The molecule has 9 heteroatoms. The molecule has 0 aliphatic rings. The topological polar surface area (TPSA) is 119 Å². The van der Waals surface area contributed by atoms with Crippen molar-refractivity contribution in [3.8, 4) is 11.6 Å². The molecule has 1 aromatic heterocycles. The number of aromatic hydroxyl groups is 1. The van der Waals surface area contributed by atoms with Crippen LogP contribution in [-0.4, -0.2) is 30.9 Å². The lowest BCUT2D eigenvalue weighted by Gasteiger charge is -2.09. The van der Waals surface area contributed by atoms with Crippen LogP contribution in [0.3, 0.4) is 0 Å². The van der Waals surface area contributed by atoms with E-state index in [1.807, 2.05) is 0 Å². The Morgan fingerprint density at radius 3 is 1.97 bits per heavy atom.